The van der Waals surface area contributed by atoms with E-state index >= 15 is 0 Å². The number of hydrogen-bond donors (Lipinski definition) is 2. The molecule has 0 spiro atoms. The molecule has 5 rings (SSSR count). The molecule has 0 radical (unpaired) electrons. The standard InChI is InChI=1S/C13H8N6OS/c20-12-6-3-1-2-4-8(6)18-10-9(16-17-13(21)15-10)7-5-14-19(12)11(7)18/h1-5,9,16H,(H,17,21). The van der Waals surface area contributed by atoms with Crippen molar-refractivity contribution in [2.75, 3.05) is 0 Å². The molecule has 1 atom stereocenters. The summed E-state index contributed by atoms with van der Waals surface area (Å²) in [5.41, 5.74) is 8.29. The lowest BCUT2D eigenvalue weighted by atomic mass is 10.2. The number of benzene rings is 1. The van der Waals surface area contributed by atoms with Crippen molar-refractivity contribution < 1.29 is 0 Å². The topological polar surface area (TPSA) is 75.7 Å². The van der Waals surface area contributed by atoms with Crippen LogP contribution >= 0.6 is 12.2 Å². The second-order valence-corrected chi connectivity index (χ2v) is 5.36. The SMILES string of the molecule is O=c1c2ccccc2n2c3c(cnn13)C1NNC(=S)N=C12. The molecule has 102 valence electrons. The average Bonchev–Trinajstić information content (AvgIpc) is 3.05. The highest BCUT2D eigenvalue weighted by molar-refractivity contribution is 7.80. The lowest BCUT2D eigenvalue weighted by Crippen LogP contribution is -2.46. The van der Waals surface area contributed by atoms with E-state index in [1.54, 1.807) is 12.3 Å². The van der Waals surface area contributed by atoms with Gasteiger partial charge in [-0.15, -0.1) is 0 Å². The average molecular weight is 296 g/mol. The number of rotatable bonds is 0. The zero-order valence-corrected chi connectivity index (χ0v) is 11.4. The molecular weight excluding hydrogens is 288 g/mol. The Hall–Kier alpha value is -2.58. The predicted octanol–water partition coefficient (Wildman–Crippen LogP) is 0.343. The van der Waals surface area contributed by atoms with Gasteiger partial charge in [0.25, 0.3) is 5.56 Å². The van der Waals surface area contributed by atoms with Crippen LogP contribution in [0.1, 0.15) is 11.6 Å². The lowest BCUT2D eigenvalue weighted by Gasteiger charge is -2.21. The van der Waals surface area contributed by atoms with Crippen molar-refractivity contribution in [3.63, 3.8) is 0 Å². The third-order valence-electron chi connectivity index (χ3n) is 3.89. The summed E-state index contributed by atoms with van der Waals surface area (Å²) in [6, 6.07) is 7.27. The number of nitrogens with zero attached hydrogens (tertiary/aromatic N) is 4. The van der Waals surface area contributed by atoms with Crippen molar-refractivity contribution in [1.82, 2.24) is 25.0 Å². The van der Waals surface area contributed by atoms with Crippen molar-refractivity contribution in [2.45, 2.75) is 6.04 Å². The maximum Gasteiger partial charge on any atom is 0.282 e. The molecule has 2 N–H and O–H groups in total. The van der Waals surface area contributed by atoms with E-state index in [9.17, 15) is 4.79 Å². The molecule has 0 saturated heterocycles. The van der Waals surface area contributed by atoms with E-state index in [0.29, 0.717) is 10.5 Å². The summed E-state index contributed by atoms with van der Waals surface area (Å²) in [6.45, 7) is 0. The second-order valence-electron chi connectivity index (χ2n) is 4.97. The highest BCUT2D eigenvalue weighted by atomic mass is 32.1. The van der Waals surface area contributed by atoms with Crippen molar-refractivity contribution in [3.8, 4) is 0 Å². The van der Waals surface area contributed by atoms with Gasteiger partial charge in [-0.25, -0.2) is 10.4 Å². The summed E-state index contributed by atoms with van der Waals surface area (Å²) in [4.78, 5) is 17.0. The monoisotopic (exact) mass is 296 g/mol. The summed E-state index contributed by atoms with van der Waals surface area (Å²) in [7, 11) is 0. The first kappa shape index (κ1) is 11.1. The Morgan fingerprint density at radius 1 is 1.29 bits per heavy atom. The van der Waals surface area contributed by atoms with Crippen LogP contribution in [0.5, 0.6) is 0 Å². The van der Waals surface area contributed by atoms with Gasteiger partial charge < -0.3 is 0 Å². The molecule has 1 unspecified atom stereocenters. The van der Waals surface area contributed by atoms with Gasteiger partial charge in [0.2, 0.25) is 5.11 Å². The van der Waals surface area contributed by atoms with Gasteiger partial charge in [0.15, 0.2) is 5.65 Å². The third kappa shape index (κ3) is 1.21. The Morgan fingerprint density at radius 2 is 2.14 bits per heavy atom. The molecule has 2 aliphatic heterocycles. The molecule has 7 nitrogen and oxygen atoms in total. The van der Waals surface area contributed by atoms with E-state index < -0.39 is 0 Å². The second kappa shape index (κ2) is 3.54. The molecule has 1 aromatic carbocycles. The van der Waals surface area contributed by atoms with Crippen molar-refractivity contribution >= 4 is 39.7 Å². The Morgan fingerprint density at radius 3 is 3.05 bits per heavy atom. The van der Waals surface area contributed by atoms with Gasteiger partial charge in [0.05, 0.1) is 17.1 Å². The van der Waals surface area contributed by atoms with E-state index in [2.05, 4.69) is 20.9 Å². The molecule has 0 bridgehead atoms. The highest BCUT2D eigenvalue weighted by Crippen LogP contribution is 2.31. The van der Waals surface area contributed by atoms with Crippen LogP contribution in [0.2, 0.25) is 0 Å². The number of hydrazine groups is 1. The molecule has 3 aromatic rings. The summed E-state index contributed by atoms with van der Waals surface area (Å²) in [5, 5.41) is 5.20. The first-order valence-corrected chi connectivity index (χ1v) is 6.82. The van der Waals surface area contributed by atoms with Crippen LogP contribution in [-0.4, -0.2) is 25.1 Å². The summed E-state index contributed by atoms with van der Waals surface area (Å²) >= 11 is 5.11. The van der Waals surface area contributed by atoms with E-state index in [0.717, 1.165) is 22.6 Å². The van der Waals surface area contributed by atoms with Gasteiger partial charge in [-0.3, -0.25) is 14.8 Å². The summed E-state index contributed by atoms with van der Waals surface area (Å²) < 4.78 is 3.37. The van der Waals surface area contributed by atoms with Gasteiger partial charge in [-0.05, 0) is 24.4 Å². The molecule has 2 aromatic heterocycles. The fourth-order valence-electron chi connectivity index (χ4n) is 3.03. The molecule has 2 aliphatic rings. The molecule has 0 amide bonds. The zero-order chi connectivity index (χ0) is 14.1. The molecule has 21 heavy (non-hydrogen) atoms. The van der Waals surface area contributed by atoms with Gasteiger partial charge >= 0.3 is 0 Å². The maximum atomic E-state index is 12.5. The molecular formula is C13H8N6OS. The Kier molecular flexibility index (Phi) is 1.88. The smallest absolute Gasteiger partial charge is 0.282 e. The summed E-state index contributed by atoms with van der Waals surface area (Å²) in [6.07, 6.45) is 1.70. The molecule has 0 aliphatic carbocycles. The molecule has 0 saturated carbocycles. The first-order chi connectivity index (χ1) is 10.3. The van der Waals surface area contributed by atoms with E-state index in [4.69, 9.17) is 12.2 Å². The number of aromatic nitrogens is 3. The van der Waals surface area contributed by atoms with Crippen molar-refractivity contribution in [2.24, 2.45) is 4.99 Å². The number of nitrogens with one attached hydrogen (secondary N) is 2. The van der Waals surface area contributed by atoms with Gasteiger partial charge in [-0.2, -0.15) is 9.61 Å². The Bertz CT molecular complexity index is 1050. The number of para-hydroxylation sites is 1. The Balaban J connectivity index is 2.08. The minimum Gasteiger partial charge on any atom is -0.295 e. The predicted molar refractivity (Wildman–Crippen MR) is 81.4 cm³/mol. The minimum atomic E-state index is -0.167. The minimum absolute atomic E-state index is 0.127. The molecule has 8 heteroatoms. The fraction of sp³-hybridized carbons (Fsp3) is 0.0769. The fourth-order valence-corrected chi connectivity index (χ4v) is 3.18. The van der Waals surface area contributed by atoms with Crippen LogP contribution < -0.4 is 16.4 Å². The van der Waals surface area contributed by atoms with Crippen LogP contribution in [0.4, 0.5) is 0 Å². The van der Waals surface area contributed by atoms with E-state index in [1.807, 2.05) is 22.8 Å². The number of thiocarbonyl (C=S) groups is 1. The molecule has 0 fully saturated rings. The maximum absolute atomic E-state index is 12.5. The van der Waals surface area contributed by atoms with E-state index in [-0.39, 0.29) is 11.6 Å². The van der Waals surface area contributed by atoms with Gasteiger partial charge in [-0.1, -0.05) is 12.1 Å². The Labute approximate surface area is 122 Å². The quantitative estimate of drug-likeness (QED) is 0.585. The van der Waals surface area contributed by atoms with Crippen LogP contribution in [-0.2, 0) is 0 Å². The highest BCUT2D eigenvalue weighted by Gasteiger charge is 2.36. The van der Waals surface area contributed by atoms with Crippen molar-refractivity contribution in [3.05, 3.63) is 46.4 Å². The largest absolute Gasteiger partial charge is 0.295 e. The lowest BCUT2D eigenvalue weighted by molar-refractivity contribution is 0.601. The van der Waals surface area contributed by atoms with E-state index in [1.165, 1.54) is 4.52 Å². The summed E-state index contributed by atoms with van der Waals surface area (Å²) in [5.74, 6) is 0.764. The zero-order valence-electron chi connectivity index (χ0n) is 10.6. The number of aliphatic imine (C=N–C) groups is 1. The first-order valence-electron chi connectivity index (χ1n) is 6.41. The third-order valence-corrected chi connectivity index (χ3v) is 4.08. The number of hydrogen-bond acceptors (Lipinski definition) is 4. The van der Waals surface area contributed by atoms with Crippen molar-refractivity contribution in [1.29, 1.82) is 0 Å². The van der Waals surface area contributed by atoms with Crippen LogP contribution in [0.25, 0.3) is 16.6 Å². The number of fused-ring (bicyclic) bond motifs is 5. The van der Waals surface area contributed by atoms with Crippen LogP contribution in [0.3, 0.4) is 0 Å². The molecule has 4 heterocycles. The van der Waals surface area contributed by atoms with Crippen LogP contribution in [0, 0.1) is 0 Å². The normalized spacial score (nSPS) is 19.7. The van der Waals surface area contributed by atoms with Gasteiger partial charge in [0.1, 0.15) is 11.9 Å². The van der Waals surface area contributed by atoms with Crippen LogP contribution in [0.15, 0.2) is 40.2 Å². The van der Waals surface area contributed by atoms with Gasteiger partial charge in [0, 0.05) is 5.56 Å².